The van der Waals surface area contributed by atoms with Crippen LogP contribution in [0.15, 0.2) is 60.7 Å². The number of primary amides is 1. The Bertz CT molecular complexity index is 2420. The Labute approximate surface area is 417 Å². The largest absolute Gasteiger partial charge is 0.497 e. The number of benzene rings is 2. The number of nitrogens with one attached hydrogen (secondary N) is 5. The van der Waals surface area contributed by atoms with E-state index in [0.29, 0.717) is 28.3 Å². The molecule has 388 valence electrons. The van der Waals surface area contributed by atoms with E-state index in [-0.39, 0.29) is 132 Å². The van der Waals surface area contributed by atoms with E-state index >= 15 is 0 Å². The van der Waals surface area contributed by atoms with Gasteiger partial charge in [-0.25, -0.2) is 14.9 Å². The molecule has 2 heterocycles. The van der Waals surface area contributed by atoms with Gasteiger partial charge >= 0.3 is 17.8 Å². The highest BCUT2D eigenvalue weighted by Gasteiger charge is 2.30. The molecule has 0 radical (unpaired) electrons. The summed E-state index contributed by atoms with van der Waals surface area (Å²) in [7, 11) is 3.01. The number of hydrogen-bond acceptors (Lipinski definition) is 15. The van der Waals surface area contributed by atoms with Crippen LogP contribution in [0.2, 0.25) is 0 Å². The van der Waals surface area contributed by atoms with Crippen LogP contribution in [-0.2, 0) is 55.9 Å². The lowest BCUT2D eigenvalue weighted by Gasteiger charge is -2.25. The summed E-state index contributed by atoms with van der Waals surface area (Å²) in [6.45, 7) is 6.93. The smallest absolute Gasteiger partial charge is 0.312 e. The molecule has 0 saturated carbocycles. The van der Waals surface area contributed by atoms with E-state index in [0.717, 1.165) is 4.90 Å². The van der Waals surface area contributed by atoms with E-state index in [9.17, 15) is 38.8 Å². The quantitative estimate of drug-likeness (QED) is 0.0273. The molecule has 0 bridgehead atoms. The van der Waals surface area contributed by atoms with Crippen molar-refractivity contribution in [1.82, 2.24) is 20.9 Å². The number of methoxy groups -OCH3 is 2. The van der Waals surface area contributed by atoms with Crippen molar-refractivity contribution in [1.29, 1.82) is 5.26 Å². The predicted molar refractivity (Wildman–Crippen MR) is 261 cm³/mol. The van der Waals surface area contributed by atoms with Crippen LogP contribution in [0.25, 0.3) is 0 Å². The summed E-state index contributed by atoms with van der Waals surface area (Å²) >= 11 is 0. The minimum absolute atomic E-state index is 0.0484. The molecule has 72 heavy (non-hydrogen) atoms. The molecule has 3 aromatic rings. The topological polar surface area (TPSA) is 318 Å². The number of pyridine rings is 1. The van der Waals surface area contributed by atoms with Crippen molar-refractivity contribution in [3.05, 3.63) is 77.4 Å². The van der Waals surface area contributed by atoms with Crippen molar-refractivity contribution in [3.63, 3.8) is 0 Å². The number of nitriles is 1. The van der Waals surface area contributed by atoms with Crippen molar-refractivity contribution in [2.75, 3.05) is 89.9 Å². The second kappa shape index (κ2) is 29.4. The molecule has 0 saturated heterocycles. The number of carbonyl (C=O) groups is 7. The maximum Gasteiger partial charge on any atom is 0.312 e. The van der Waals surface area contributed by atoms with Gasteiger partial charge in [0, 0.05) is 36.4 Å². The number of amides is 8. The van der Waals surface area contributed by atoms with Gasteiger partial charge in [-0.15, -0.1) is 0 Å². The lowest BCUT2D eigenvalue weighted by Crippen LogP contribution is -2.54. The third kappa shape index (κ3) is 17.9. The van der Waals surface area contributed by atoms with Crippen molar-refractivity contribution in [3.8, 4) is 23.4 Å². The third-order valence-corrected chi connectivity index (χ3v) is 10.8. The molecule has 2 atom stereocenters. The zero-order valence-electron chi connectivity index (χ0n) is 41.2. The predicted octanol–water partition coefficient (Wildman–Crippen LogP) is 1.45. The number of nitrogens with zero attached hydrogens (tertiary/aromatic N) is 3. The van der Waals surface area contributed by atoms with Crippen LogP contribution in [0.1, 0.15) is 56.7 Å². The molecule has 1 aliphatic heterocycles. The molecule has 0 spiro atoms. The summed E-state index contributed by atoms with van der Waals surface area (Å²) in [5, 5.41) is 23.7. The molecular formula is C49H65N10O13+. The van der Waals surface area contributed by atoms with Gasteiger partial charge in [0.1, 0.15) is 36.2 Å². The van der Waals surface area contributed by atoms with Crippen molar-refractivity contribution >= 4 is 58.7 Å². The number of carbonyl (C=O) groups excluding carboxylic acids is 7. The van der Waals surface area contributed by atoms with Crippen molar-refractivity contribution < 1.29 is 66.6 Å². The van der Waals surface area contributed by atoms with Crippen molar-refractivity contribution in [2.45, 2.75) is 65.1 Å². The monoisotopic (exact) mass is 1000 g/mol. The Morgan fingerprint density at radius 1 is 0.819 bits per heavy atom. The third-order valence-electron chi connectivity index (χ3n) is 10.8. The molecule has 23 nitrogen and oxygen atoms in total. The highest BCUT2D eigenvalue weighted by molar-refractivity contribution is 6.12. The number of nitrogen functional groups attached to an aromatic ring is 1. The van der Waals surface area contributed by atoms with Gasteiger partial charge < -0.3 is 61.2 Å². The molecule has 0 aliphatic carbocycles. The second-order valence-electron chi connectivity index (χ2n) is 16.4. The van der Waals surface area contributed by atoms with E-state index in [2.05, 4.69) is 32.7 Å². The van der Waals surface area contributed by atoms with E-state index in [4.69, 9.17) is 39.9 Å². The van der Waals surface area contributed by atoms with E-state index < -0.39 is 41.7 Å². The second-order valence-corrected chi connectivity index (χ2v) is 16.4. The average molecular weight is 1000 g/mol. The van der Waals surface area contributed by atoms with Gasteiger partial charge in [0.05, 0.1) is 85.2 Å². The first kappa shape index (κ1) is 56.8. The molecule has 4 rings (SSSR count). The minimum atomic E-state index is -1.10. The van der Waals surface area contributed by atoms with Crippen LogP contribution in [0.3, 0.4) is 0 Å². The Morgan fingerprint density at radius 2 is 1.49 bits per heavy atom. The number of nitrogens with two attached hydrogens (primary N) is 2. The SMILES string of the molecule is CCOc1c(C#N)c(N)cc(NC(=O)Cc2cc(OC)ccc2OC)[n+]1Cc1ccc(NC(=O)[C@H](CCCNC(N)=O)NC(=O)C(NC(=O)CCOCCOCCOCCN2C(=O)C=CC2=O)C(C)C)cc1. The molecule has 1 aliphatic rings. The fraction of sp³-hybridized carbons (Fsp3) is 0.449. The van der Waals surface area contributed by atoms with Crippen LogP contribution in [-0.4, -0.2) is 132 Å². The summed E-state index contributed by atoms with van der Waals surface area (Å²) in [6.07, 6.45) is 2.65. The Morgan fingerprint density at radius 3 is 2.10 bits per heavy atom. The maximum absolute atomic E-state index is 13.8. The fourth-order valence-corrected chi connectivity index (χ4v) is 7.15. The number of anilines is 3. The van der Waals surface area contributed by atoms with Gasteiger partial charge in [-0.05, 0) is 61.6 Å². The van der Waals surface area contributed by atoms with Gasteiger partial charge in [-0.3, -0.25) is 28.9 Å². The molecular weight excluding hydrogens is 937 g/mol. The molecule has 1 unspecified atom stereocenters. The molecule has 9 N–H and O–H groups in total. The van der Waals surface area contributed by atoms with Gasteiger partial charge in [-0.2, -0.15) is 9.83 Å². The number of aromatic nitrogens is 1. The fourth-order valence-electron chi connectivity index (χ4n) is 7.15. The van der Waals surface area contributed by atoms with Gasteiger partial charge in [-0.1, -0.05) is 26.0 Å². The van der Waals surface area contributed by atoms with E-state index in [1.807, 2.05) is 0 Å². The highest BCUT2D eigenvalue weighted by atomic mass is 16.5. The normalized spacial score (nSPS) is 12.7. The first-order chi connectivity index (χ1) is 34.6. The van der Waals surface area contributed by atoms with Crippen LogP contribution < -0.4 is 56.8 Å². The molecule has 2 aromatic carbocycles. The highest BCUT2D eigenvalue weighted by Crippen LogP contribution is 2.27. The molecule has 0 fully saturated rings. The number of ether oxygens (including phenoxy) is 6. The van der Waals surface area contributed by atoms with Crippen molar-refractivity contribution in [2.24, 2.45) is 11.7 Å². The van der Waals surface area contributed by atoms with Gasteiger partial charge in [0.15, 0.2) is 5.56 Å². The Balaban J connectivity index is 1.35. The van der Waals surface area contributed by atoms with Gasteiger partial charge in [0.2, 0.25) is 17.7 Å². The number of hydrogen-bond donors (Lipinski definition) is 7. The van der Waals surface area contributed by atoms with Crippen LogP contribution >= 0.6 is 0 Å². The lowest BCUT2D eigenvalue weighted by molar-refractivity contribution is -0.679. The average Bonchev–Trinajstić information content (AvgIpc) is 3.67. The first-order valence-electron chi connectivity index (χ1n) is 23.3. The van der Waals surface area contributed by atoms with E-state index in [1.165, 1.54) is 32.4 Å². The standard InChI is InChI=1S/C49H64N10O13/c1-6-72-48-36(29-50)37(51)28-40(56-42(61)27-33-26-35(67-4)13-14-39(33)68-5)59(48)30-32-9-11-34(12-10-32)54-46(64)38(8-7-18-53-49(52)66)55-47(65)45(31(2)3)57-41(60)17-20-69-22-24-71-25-23-70-21-19-58-43(62)15-16-44(58)63/h9-16,26,28,31,38,45H,6-8,17-25,27,30H2,1-5H3,(H8,51,52,53,54,55,56,57,60,61,64,65,66)/p+1/t38-,45?/m0/s1. The minimum Gasteiger partial charge on any atom is -0.497 e. The number of rotatable bonds is 31. The maximum atomic E-state index is 13.8. The molecule has 1 aromatic heterocycles. The summed E-state index contributed by atoms with van der Waals surface area (Å²) in [6, 6.07) is 12.6. The summed E-state index contributed by atoms with van der Waals surface area (Å²) in [4.78, 5) is 89.6. The summed E-state index contributed by atoms with van der Waals surface area (Å²) < 4.78 is 34.7. The summed E-state index contributed by atoms with van der Waals surface area (Å²) in [5.41, 5.74) is 13.3. The summed E-state index contributed by atoms with van der Waals surface area (Å²) in [5.74, 6) is -1.75. The first-order valence-corrected chi connectivity index (χ1v) is 23.3. The Kier molecular flexibility index (Phi) is 23.2. The number of urea groups is 1. The van der Waals surface area contributed by atoms with E-state index in [1.54, 1.807) is 67.8 Å². The van der Waals surface area contributed by atoms with Crippen LogP contribution in [0, 0.1) is 17.2 Å². The molecule has 8 amide bonds. The zero-order valence-corrected chi connectivity index (χ0v) is 41.2. The van der Waals surface area contributed by atoms with Gasteiger partial charge in [0.25, 0.3) is 17.6 Å². The molecule has 23 heteroatoms. The van der Waals surface area contributed by atoms with Crippen LogP contribution in [0.5, 0.6) is 17.4 Å². The van der Waals surface area contributed by atoms with Crippen LogP contribution in [0.4, 0.5) is 22.0 Å². The Hall–Kier alpha value is -7.81. The number of imide groups is 1. The lowest BCUT2D eigenvalue weighted by atomic mass is 10.0. The zero-order chi connectivity index (χ0) is 52.6.